The highest BCUT2D eigenvalue weighted by Crippen LogP contribution is 2.35. The third kappa shape index (κ3) is 3.47. The van der Waals surface area contributed by atoms with E-state index in [1.165, 1.54) is 0 Å². The maximum Gasteiger partial charge on any atom is 0.289 e. The van der Waals surface area contributed by atoms with Crippen molar-refractivity contribution in [3.8, 4) is 0 Å². The average Bonchev–Trinajstić information content (AvgIpc) is 3.44. The van der Waals surface area contributed by atoms with Crippen molar-refractivity contribution >= 4 is 5.91 Å². The van der Waals surface area contributed by atoms with E-state index in [0.717, 1.165) is 29.8 Å². The highest BCUT2D eigenvalue weighted by atomic mass is 16.3. The Bertz CT molecular complexity index is 1090. The fraction of sp³-hybridized carbons (Fsp3) is 0.409. The van der Waals surface area contributed by atoms with Gasteiger partial charge < -0.3 is 18.9 Å². The monoisotopic (exact) mass is 407 g/mol. The number of furan rings is 1. The number of nitrogens with one attached hydrogen (secondary N) is 1. The van der Waals surface area contributed by atoms with Crippen LogP contribution in [0.15, 0.2) is 52.3 Å². The van der Waals surface area contributed by atoms with Gasteiger partial charge in [-0.3, -0.25) is 14.5 Å². The number of likely N-dealkylation sites (tertiary alicyclic amines) is 1. The number of hydrogen-bond acceptors (Lipinski definition) is 5. The standard InChI is InChI=1S/C22H25N5O3/c1-25(9-15-4-7-30-14-15)12-17-2-3-19-18-8-16(11-27(19)21(17)28)10-26(13-18)22(29)20-23-5-6-24-20/h2-7,14,16,18H,8-13H2,1H3,(H,23,24)/t16-,18+/m0/s1. The highest BCUT2D eigenvalue weighted by molar-refractivity contribution is 5.90. The van der Waals surface area contributed by atoms with Crippen LogP contribution < -0.4 is 5.56 Å². The van der Waals surface area contributed by atoms with Crippen LogP contribution in [0.5, 0.6) is 0 Å². The second kappa shape index (κ2) is 7.60. The van der Waals surface area contributed by atoms with Crippen LogP contribution in [0.1, 0.15) is 39.8 Å². The molecule has 2 atom stereocenters. The first kappa shape index (κ1) is 18.9. The second-order valence-electron chi connectivity index (χ2n) is 8.45. The molecule has 2 aliphatic rings. The van der Waals surface area contributed by atoms with Gasteiger partial charge in [0.2, 0.25) is 0 Å². The molecule has 1 amide bonds. The largest absolute Gasteiger partial charge is 0.472 e. The molecule has 0 radical (unpaired) electrons. The number of carbonyl (C=O) groups excluding carboxylic acids is 1. The zero-order valence-electron chi connectivity index (χ0n) is 17.0. The Hall–Kier alpha value is -3.13. The lowest BCUT2D eigenvalue weighted by Gasteiger charge is -2.42. The summed E-state index contributed by atoms with van der Waals surface area (Å²) < 4.78 is 7.07. The Morgan fingerprint density at radius 2 is 2.17 bits per heavy atom. The normalized spacial score (nSPS) is 20.4. The topological polar surface area (TPSA) is 87.4 Å². The van der Waals surface area contributed by atoms with E-state index < -0.39 is 0 Å². The van der Waals surface area contributed by atoms with Crippen molar-refractivity contribution in [3.05, 3.63) is 76.1 Å². The maximum absolute atomic E-state index is 13.2. The Labute approximate surface area is 174 Å². The summed E-state index contributed by atoms with van der Waals surface area (Å²) in [7, 11) is 2.00. The van der Waals surface area contributed by atoms with Gasteiger partial charge in [0.05, 0.1) is 12.5 Å². The number of amides is 1. The summed E-state index contributed by atoms with van der Waals surface area (Å²) in [5.41, 5.74) is 3.01. The smallest absolute Gasteiger partial charge is 0.289 e. The van der Waals surface area contributed by atoms with Gasteiger partial charge >= 0.3 is 0 Å². The Balaban J connectivity index is 1.34. The van der Waals surface area contributed by atoms with E-state index in [4.69, 9.17) is 4.42 Å². The van der Waals surface area contributed by atoms with Gasteiger partial charge in [-0.1, -0.05) is 6.07 Å². The number of nitrogens with zero attached hydrogens (tertiary/aromatic N) is 4. The van der Waals surface area contributed by atoms with Gasteiger partial charge in [0.25, 0.3) is 11.5 Å². The molecule has 5 heterocycles. The van der Waals surface area contributed by atoms with Crippen molar-refractivity contribution < 1.29 is 9.21 Å². The lowest BCUT2D eigenvalue weighted by Crippen LogP contribution is -2.49. The predicted octanol–water partition coefficient (Wildman–Crippen LogP) is 2.06. The molecule has 156 valence electrons. The minimum Gasteiger partial charge on any atom is -0.472 e. The quantitative estimate of drug-likeness (QED) is 0.700. The molecule has 0 aliphatic carbocycles. The molecule has 0 saturated carbocycles. The zero-order chi connectivity index (χ0) is 20.7. The first-order chi connectivity index (χ1) is 14.6. The van der Waals surface area contributed by atoms with Crippen LogP contribution in [0.2, 0.25) is 0 Å². The highest BCUT2D eigenvalue weighted by Gasteiger charge is 2.37. The molecule has 5 rings (SSSR count). The van der Waals surface area contributed by atoms with Crippen LogP contribution in [0.4, 0.5) is 0 Å². The zero-order valence-corrected chi connectivity index (χ0v) is 17.0. The predicted molar refractivity (Wildman–Crippen MR) is 110 cm³/mol. The summed E-state index contributed by atoms with van der Waals surface area (Å²) in [6.07, 6.45) is 7.67. The van der Waals surface area contributed by atoms with Crippen LogP contribution in [-0.2, 0) is 19.6 Å². The minimum atomic E-state index is -0.0667. The van der Waals surface area contributed by atoms with E-state index in [2.05, 4.69) is 20.9 Å². The maximum atomic E-state index is 13.2. The van der Waals surface area contributed by atoms with E-state index in [9.17, 15) is 9.59 Å². The summed E-state index contributed by atoms with van der Waals surface area (Å²) in [5, 5.41) is 0. The van der Waals surface area contributed by atoms with Gasteiger partial charge in [0.1, 0.15) is 0 Å². The Morgan fingerprint density at radius 1 is 1.27 bits per heavy atom. The third-order valence-electron chi connectivity index (χ3n) is 6.14. The van der Waals surface area contributed by atoms with Crippen LogP contribution >= 0.6 is 0 Å². The molecule has 8 heteroatoms. The molecular weight excluding hydrogens is 382 g/mol. The molecule has 30 heavy (non-hydrogen) atoms. The number of imidazole rings is 1. The SMILES string of the molecule is CN(Cc1ccoc1)Cc1ccc2n(c1=O)C[C@H]1C[C@@H]2CN(C(=O)c2ncc[nH]2)C1. The number of hydrogen-bond donors (Lipinski definition) is 1. The van der Waals surface area contributed by atoms with Crippen molar-refractivity contribution in [3.63, 3.8) is 0 Å². The minimum absolute atomic E-state index is 0.0667. The van der Waals surface area contributed by atoms with Gasteiger partial charge in [-0.05, 0) is 31.5 Å². The summed E-state index contributed by atoms with van der Waals surface area (Å²) in [6, 6.07) is 5.96. The first-order valence-electron chi connectivity index (χ1n) is 10.3. The van der Waals surface area contributed by atoms with Crippen molar-refractivity contribution in [2.75, 3.05) is 20.1 Å². The fourth-order valence-electron chi connectivity index (χ4n) is 4.85. The number of fused-ring (bicyclic) bond motifs is 4. The molecule has 0 aromatic carbocycles. The average molecular weight is 407 g/mol. The van der Waals surface area contributed by atoms with Crippen molar-refractivity contribution in [1.82, 2.24) is 24.3 Å². The lowest BCUT2D eigenvalue weighted by molar-refractivity contribution is 0.0583. The van der Waals surface area contributed by atoms with E-state index in [1.54, 1.807) is 24.9 Å². The van der Waals surface area contributed by atoms with Gasteiger partial charge in [-0.2, -0.15) is 0 Å². The van der Waals surface area contributed by atoms with Gasteiger partial charge in [-0.25, -0.2) is 4.98 Å². The summed E-state index contributed by atoms with van der Waals surface area (Å²) in [4.78, 5) is 36.9. The molecule has 2 aliphatic heterocycles. The molecule has 3 aromatic rings. The lowest BCUT2D eigenvalue weighted by atomic mass is 9.83. The van der Waals surface area contributed by atoms with Gasteiger partial charge in [0, 0.05) is 67.9 Å². The molecular formula is C22H25N5O3. The van der Waals surface area contributed by atoms with Crippen molar-refractivity contribution in [2.24, 2.45) is 5.92 Å². The number of piperidine rings is 1. The van der Waals surface area contributed by atoms with Crippen molar-refractivity contribution in [2.45, 2.75) is 32.0 Å². The number of H-pyrrole nitrogens is 1. The molecule has 1 fully saturated rings. The number of rotatable bonds is 5. The Morgan fingerprint density at radius 3 is 2.93 bits per heavy atom. The van der Waals surface area contributed by atoms with Gasteiger partial charge in [0.15, 0.2) is 5.82 Å². The number of carbonyl (C=O) groups is 1. The van der Waals surface area contributed by atoms with E-state index in [1.807, 2.05) is 28.6 Å². The van der Waals surface area contributed by atoms with Crippen LogP contribution in [-0.4, -0.2) is 50.4 Å². The van der Waals surface area contributed by atoms with Gasteiger partial charge in [-0.15, -0.1) is 0 Å². The van der Waals surface area contributed by atoms with E-state index in [0.29, 0.717) is 32.0 Å². The molecule has 8 nitrogen and oxygen atoms in total. The number of aromatic amines is 1. The number of pyridine rings is 1. The first-order valence-corrected chi connectivity index (χ1v) is 10.3. The molecule has 3 aromatic heterocycles. The van der Waals surface area contributed by atoms with Crippen molar-refractivity contribution in [1.29, 1.82) is 0 Å². The Kier molecular flexibility index (Phi) is 4.78. The third-order valence-corrected chi connectivity index (χ3v) is 6.14. The summed E-state index contributed by atoms with van der Waals surface area (Å²) >= 11 is 0. The molecule has 1 N–H and O–H groups in total. The fourth-order valence-corrected chi connectivity index (χ4v) is 4.85. The summed E-state index contributed by atoms with van der Waals surface area (Å²) in [5.74, 6) is 0.778. The summed E-state index contributed by atoms with van der Waals surface area (Å²) in [6.45, 7) is 3.25. The number of aromatic nitrogens is 3. The van der Waals surface area contributed by atoms with E-state index in [-0.39, 0.29) is 23.3 Å². The van der Waals surface area contributed by atoms with Crippen LogP contribution in [0, 0.1) is 5.92 Å². The second-order valence-corrected chi connectivity index (χ2v) is 8.45. The molecule has 1 saturated heterocycles. The van der Waals surface area contributed by atoms with Crippen LogP contribution in [0.25, 0.3) is 0 Å². The molecule has 0 spiro atoms. The molecule has 0 unspecified atom stereocenters. The molecule has 2 bridgehead atoms. The van der Waals surface area contributed by atoms with E-state index >= 15 is 0 Å². The van der Waals surface area contributed by atoms with Crippen LogP contribution in [0.3, 0.4) is 0 Å².